The van der Waals surface area contributed by atoms with Crippen LogP contribution < -0.4 is 5.32 Å². The molecule has 0 radical (unpaired) electrons. The number of phenolic OH excluding ortho intramolecular Hbond substituents is 4. The van der Waals surface area contributed by atoms with Crippen molar-refractivity contribution in [3.63, 3.8) is 0 Å². The maximum Gasteiger partial charge on any atom is 0.332 e. The highest BCUT2D eigenvalue weighted by molar-refractivity contribution is 5.85. The van der Waals surface area contributed by atoms with E-state index in [4.69, 9.17) is 5.11 Å². The summed E-state index contributed by atoms with van der Waals surface area (Å²) in [5, 5.41) is 71.1. The van der Waals surface area contributed by atoms with E-state index < -0.39 is 71.7 Å². The minimum Gasteiger partial charge on any atom is -0.504 e. The number of rotatable bonds is 10. The number of aliphatic carboxylic acids is 2. The van der Waals surface area contributed by atoms with Crippen LogP contribution in [0.4, 0.5) is 0 Å². The lowest BCUT2D eigenvalue weighted by atomic mass is 9.83. The number of amides is 1. The Labute approximate surface area is 210 Å². The van der Waals surface area contributed by atoms with Gasteiger partial charge in [-0.05, 0) is 46.5 Å². The van der Waals surface area contributed by atoms with Crippen molar-refractivity contribution in [1.82, 2.24) is 5.32 Å². The average molecular weight is 511 g/mol. The first-order valence-corrected chi connectivity index (χ1v) is 11.0. The molecule has 0 saturated heterocycles. The second-order valence-electron chi connectivity index (χ2n) is 8.35. The zero-order valence-corrected chi connectivity index (χ0v) is 19.3. The summed E-state index contributed by atoms with van der Waals surface area (Å²) in [6, 6.07) is 12.4. The molecular weight excluding hydrogens is 486 g/mol. The molecule has 3 aromatic carbocycles. The van der Waals surface area contributed by atoms with Gasteiger partial charge in [-0.2, -0.15) is 0 Å². The molecule has 37 heavy (non-hydrogen) atoms. The number of aromatic hydroxyl groups is 4. The minimum absolute atomic E-state index is 0.0772. The third-order valence-corrected chi connectivity index (χ3v) is 5.79. The Morgan fingerprint density at radius 1 is 0.730 bits per heavy atom. The van der Waals surface area contributed by atoms with Crippen molar-refractivity contribution in [2.24, 2.45) is 0 Å². The summed E-state index contributed by atoms with van der Waals surface area (Å²) in [5.74, 6) is -6.78. The topological polar surface area (TPSA) is 205 Å². The molecule has 0 saturated carbocycles. The van der Waals surface area contributed by atoms with Gasteiger partial charge in [0.1, 0.15) is 0 Å². The molecule has 0 fully saturated rings. The summed E-state index contributed by atoms with van der Waals surface area (Å²) < 4.78 is 0. The lowest BCUT2D eigenvalue weighted by Gasteiger charge is -2.24. The number of carboxylic acids is 2. The lowest BCUT2D eigenvalue weighted by molar-refractivity contribution is -0.146. The van der Waals surface area contributed by atoms with Gasteiger partial charge in [-0.15, -0.1) is 0 Å². The van der Waals surface area contributed by atoms with Crippen LogP contribution in [-0.2, 0) is 20.8 Å². The first-order chi connectivity index (χ1) is 17.5. The molecule has 0 spiro atoms. The van der Waals surface area contributed by atoms with Gasteiger partial charge in [-0.1, -0.05) is 36.4 Å². The first kappa shape index (κ1) is 26.8. The number of benzene rings is 3. The molecule has 0 heterocycles. The van der Waals surface area contributed by atoms with Crippen LogP contribution in [0.5, 0.6) is 23.0 Å². The van der Waals surface area contributed by atoms with E-state index in [-0.39, 0.29) is 16.7 Å². The Bertz CT molecular complexity index is 1310. The van der Waals surface area contributed by atoms with E-state index in [2.05, 4.69) is 5.32 Å². The molecule has 0 aliphatic heterocycles. The van der Waals surface area contributed by atoms with Crippen LogP contribution in [0.2, 0.25) is 0 Å². The van der Waals surface area contributed by atoms with Crippen molar-refractivity contribution in [1.29, 1.82) is 0 Å². The molecule has 11 heteroatoms. The standard InChI is InChI=1S/C26H25NO10/c28-18-7-6-14(8-19(18)29)17(12-23(33)27-24(26(36)37)13-4-2-1-3-5-13)16-11-21(31)20(30)9-15(16)10-22(32)25(34)35/h1-9,11,17,22,24,28-32H,10,12H2,(H,27,33)(H,34,35)(H,36,37)/t17-,22-,24+/m1/s1. The molecule has 3 atom stereocenters. The van der Waals surface area contributed by atoms with Gasteiger partial charge < -0.3 is 41.1 Å². The highest BCUT2D eigenvalue weighted by atomic mass is 16.4. The predicted molar refractivity (Wildman–Crippen MR) is 128 cm³/mol. The molecule has 8 N–H and O–H groups in total. The summed E-state index contributed by atoms with van der Waals surface area (Å²) in [7, 11) is 0. The zero-order chi connectivity index (χ0) is 27.3. The third-order valence-electron chi connectivity index (χ3n) is 5.79. The Morgan fingerprint density at radius 2 is 1.35 bits per heavy atom. The van der Waals surface area contributed by atoms with Gasteiger partial charge in [0.2, 0.25) is 5.91 Å². The van der Waals surface area contributed by atoms with Crippen molar-refractivity contribution in [3.8, 4) is 23.0 Å². The van der Waals surface area contributed by atoms with Crippen molar-refractivity contribution < 1.29 is 50.1 Å². The molecule has 0 aliphatic carbocycles. The molecule has 3 rings (SSSR count). The summed E-state index contributed by atoms with van der Waals surface area (Å²) in [6.07, 6.45) is -2.82. The summed E-state index contributed by atoms with van der Waals surface area (Å²) in [5.41, 5.74) is 0.763. The molecule has 0 aliphatic rings. The Morgan fingerprint density at radius 3 is 1.95 bits per heavy atom. The van der Waals surface area contributed by atoms with Crippen LogP contribution in [-0.4, -0.2) is 59.7 Å². The highest BCUT2D eigenvalue weighted by Gasteiger charge is 2.28. The molecule has 1 amide bonds. The van der Waals surface area contributed by atoms with Gasteiger partial charge in [-0.25, -0.2) is 9.59 Å². The van der Waals surface area contributed by atoms with Gasteiger partial charge in [0.25, 0.3) is 0 Å². The van der Waals surface area contributed by atoms with Gasteiger partial charge in [-0.3, -0.25) is 4.79 Å². The molecule has 0 unspecified atom stereocenters. The van der Waals surface area contributed by atoms with E-state index in [1.807, 2.05) is 0 Å². The SMILES string of the molecule is O=C(C[C@H](c1ccc(O)c(O)c1)c1cc(O)c(O)cc1C[C@@H](O)C(=O)O)N[C@H](C(=O)O)c1ccccc1. The molecule has 0 bridgehead atoms. The number of aliphatic hydroxyl groups excluding tert-OH is 1. The van der Waals surface area contributed by atoms with E-state index >= 15 is 0 Å². The minimum atomic E-state index is -1.88. The molecule has 194 valence electrons. The van der Waals surface area contributed by atoms with Crippen LogP contribution in [0.15, 0.2) is 60.7 Å². The fourth-order valence-corrected chi connectivity index (χ4v) is 3.94. The number of phenols is 4. The number of nitrogens with one attached hydrogen (secondary N) is 1. The predicted octanol–water partition coefficient (Wildman–Crippen LogP) is 1.96. The maximum absolute atomic E-state index is 13.1. The fraction of sp³-hybridized carbons (Fsp3) is 0.192. The van der Waals surface area contributed by atoms with Crippen LogP contribution in [0, 0.1) is 0 Å². The normalized spacial score (nSPS) is 13.3. The Balaban J connectivity index is 2.06. The first-order valence-electron chi connectivity index (χ1n) is 11.0. The van der Waals surface area contributed by atoms with Crippen LogP contribution in [0.1, 0.15) is 40.6 Å². The van der Waals surface area contributed by atoms with Gasteiger partial charge in [0, 0.05) is 18.8 Å². The number of hydrogen-bond donors (Lipinski definition) is 8. The maximum atomic E-state index is 13.1. The van der Waals surface area contributed by atoms with Crippen molar-refractivity contribution in [3.05, 3.63) is 82.9 Å². The van der Waals surface area contributed by atoms with Gasteiger partial charge in [0.15, 0.2) is 35.1 Å². The molecule has 3 aromatic rings. The second-order valence-corrected chi connectivity index (χ2v) is 8.35. The number of carbonyl (C=O) groups is 3. The lowest BCUT2D eigenvalue weighted by Crippen LogP contribution is -2.34. The average Bonchev–Trinajstić information content (AvgIpc) is 2.85. The summed E-state index contributed by atoms with van der Waals surface area (Å²) >= 11 is 0. The summed E-state index contributed by atoms with van der Waals surface area (Å²) in [6.45, 7) is 0. The molecule has 11 nitrogen and oxygen atoms in total. The third kappa shape index (κ3) is 6.47. The van der Waals surface area contributed by atoms with Crippen molar-refractivity contribution >= 4 is 17.8 Å². The quantitative estimate of drug-likeness (QED) is 0.186. The van der Waals surface area contributed by atoms with Crippen molar-refractivity contribution in [2.45, 2.75) is 30.9 Å². The molecule has 0 aromatic heterocycles. The smallest absolute Gasteiger partial charge is 0.332 e. The highest BCUT2D eigenvalue weighted by Crippen LogP contribution is 2.39. The van der Waals surface area contributed by atoms with E-state index in [9.17, 15) is 45.0 Å². The molecular formula is C26H25NO10. The van der Waals surface area contributed by atoms with Gasteiger partial charge >= 0.3 is 11.9 Å². The van der Waals surface area contributed by atoms with Crippen LogP contribution in [0.3, 0.4) is 0 Å². The summed E-state index contributed by atoms with van der Waals surface area (Å²) in [4.78, 5) is 36.2. The van der Waals surface area contributed by atoms with Crippen LogP contribution in [0.25, 0.3) is 0 Å². The van der Waals surface area contributed by atoms with E-state index in [1.54, 1.807) is 18.2 Å². The Kier molecular flexibility index (Phi) is 8.20. The second kappa shape index (κ2) is 11.3. The van der Waals surface area contributed by atoms with E-state index in [1.165, 1.54) is 18.2 Å². The van der Waals surface area contributed by atoms with Crippen molar-refractivity contribution in [2.75, 3.05) is 0 Å². The largest absolute Gasteiger partial charge is 0.504 e. The van der Waals surface area contributed by atoms with E-state index in [0.717, 1.165) is 24.3 Å². The number of aliphatic hydroxyl groups is 1. The monoisotopic (exact) mass is 511 g/mol. The fourth-order valence-electron chi connectivity index (χ4n) is 3.94. The number of carbonyl (C=O) groups excluding carboxylic acids is 1. The number of carboxylic acid groups (broad SMARTS) is 2. The Hall–Kier alpha value is -4.77. The zero-order valence-electron chi connectivity index (χ0n) is 19.3. The number of hydrogen-bond acceptors (Lipinski definition) is 8. The van der Waals surface area contributed by atoms with Crippen LogP contribution >= 0.6 is 0 Å². The van der Waals surface area contributed by atoms with E-state index in [0.29, 0.717) is 5.56 Å². The van der Waals surface area contributed by atoms with Gasteiger partial charge in [0.05, 0.1) is 0 Å².